The molecule has 3 aromatic heterocycles. The molecule has 0 unspecified atom stereocenters. The van der Waals surface area contributed by atoms with Crippen molar-refractivity contribution < 1.29 is 4.79 Å². The summed E-state index contributed by atoms with van der Waals surface area (Å²) in [5, 5.41) is 15.2. The largest absolute Gasteiger partial charge is 0.304 e. The number of aromatic amines is 1. The maximum atomic E-state index is 12.5. The first kappa shape index (κ1) is 14.6. The van der Waals surface area contributed by atoms with Crippen LogP contribution in [0.3, 0.4) is 0 Å². The maximum absolute atomic E-state index is 12.5. The first-order chi connectivity index (χ1) is 11.6. The summed E-state index contributed by atoms with van der Waals surface area (Å²) in [4.78, 5) is 14.1. The Kier molecular flexibility index (Phi) is 3.42. The Labute approximate surface area is 142 Å². The van der Waals surface area contributed by atoms with Gasteiger partial charge in [0.05, 0.1) is 16.3 Å². The Morgan fingerprint density at radius 3 is 2.71 bits per heavy atom. The maximum Gasteiger partial charge on any atom is 0.267 e. The minimum Gasteiger partial charge on any atom is -0.304 e. The minimum atomic E-state index is -0.165. The van der Waals surface area contributed by atoms with Gasteiger partial charge in [0.1, 0.15) is 4.83 Å². The zero-order valence-electron chi connectivity index (χ0n) is 13.2. The van der Waals surface area contributed by atoms with Gasteiger partial charge in [0.2, 0.25) is 0 Å². The fourth-order valence-electron chi connectivity index (χ4n) is 2.56. The van der Waals surface area contributed by atoms with E-state index in [9.17, 15) is 4.79 Å². The summed E-state index contributed by atoms with van der Waals surface area (Å²) < 4.78 is 1.88. The molecule has 6 nitrogen and oxygen atoms in total. The molecule has 24 heavy (non-hydrogen) atoms. The number of carbonyl (C=O) groups is 1. The monoisotopic (exact) mass is 337 g/mol. The molecule has 0 aliphatic heterocycles. The lowest BCUT2D eigenvalue weighted by atomic mass is 10.3. The fourth-order valence-corrected chi connectivity index (χ4v) is 3.64. The van der Waals surface area contributed by atoms with Crippen LogP contribution in [0.2, 0.25) is 0 Å². The number of carbonyl (C=O) groups excluding carboxylic acids is 1. The lowest BCUT2D eigenvalue weighted by Gasteiger charge is -2.01. The molecule has 4 rings (SSSR count). The van der Waals surface area contributed by atoms with Crippen LogP contribution in [0.1, 0.15) is 21.1 Å². The van der Waals surface area contributed by atoms with Crippen LogP contribution in [-0.2, 0) is 0 Å². The number of nitrogens with zero attached hydrogens (tertiary/aromatic N) is 3. The summed E-state index contributed by atoms with van der Waals surface area (Å²) in [6.07, 6.45) is 0. The molecule has 0 bridgehead atoms. The molecular formula is C17H15N5OS. The third-order valence-electron chi connectivity index (χ3n) is 3.72. The summed E-state index contributed by atoms with van der Waals surface area (Å²) in [6.45, 7) is 3.84. The molecule has 3 heterocycles. The van der Waals surface area contributed by atoms with Crippen molar-refractivity contribution >= 4 is 33.3 Å². The van der Waals surface area contributed by atoms with Crippen molar-refractivity contribution in [3.05, 3.63) is 58.7 Å². The van der Waals surface area contributed by atoms with E-state index in [0.717, 1.165) is 27.3 Å². The van der Waals surface area contributed by atoms with Crippen molar-refractivity contribution in [1.82, 2.24) is 20.0 Å². The average molecular weight is 337 g/mol. The van der Waals surface area contributed by atoms with E-state index in [0.29, 0.717) is 10.7 Å². The number of nitrogens with one attached hydrogen (secondary N) is 2. The number of fused-ring (bicyclic) bond motifs is 1. The Bertz CT molecular complexity index is 1030. The number of anilines is 1. The Morgan fingerprint density at radius 2 is 2.00 bits per heavy atom. The molecule has 120 valence electrons. The predicted octanol–water partition coefficient (Wildman–Crippen LogP) is 3.68. The summed E-state index contributed by atoms with van der Waals surface area (Å²) >= 11 is 1.42. The topological polar surface area (TPSA) is 75.6 Å². The number of hydrogen-bond acceptors (Lipinski definition) is 4. The van der Waals surface area contributed by atoms with Crippen molar-refractivity contribution in [3.8, 4) is 5.69 Å². The standard InChI is InChI=1S/C17H15N5OS/c1-10-8-15(20-19-10)18-16(23)14-9-13-11(2)21-22(17(13)24-14)12-6-4-3-5-7-12/h3-9H,1-2H3,(H2,18,19,20,23). The third-order valence-corrected chi connectivity index (χ3v) is 4.83. The van der Waals surface area contributed by atoms with Crippen LogP contribution in [-0.4, -0.2) is 25.9 Å². The number of rotatable bonds is 3. The molecule has 0 fully saturated rings. The van der Waals surface area contributed by atoms with Crippen LogP contribution >= 0.6 is 11.3 Å². The normalized spacial score (nSPS) is 11.1. The van der Waals surface area contributed by atoms with E-state index >= 15 is 0 Å². The number of H-pyrrole nitrogens is 1. The van der Waals surface area contributed by atoms with Gasteiger partial charge in [-0.1, -0.05) is 18.2 Å². The number of para-hydroxylation sites is 1. The third kappa shape index (κ3) is 2.48. The van der Waals surface area contributed by atoms with Crippen molar-refractivity contribution in [2.24, 2.45) is 0 Å². The van der Waals surface area contributed by atoms with Crippen molar-refractivity contribution in [3.63, 3.8) is 0 Å². The van der Waals surface area contributed by atoms with Gasteiger partial charge >= 0.3 is 0 Å². The van der Waals surface area contributed by atoms with Gasteiger partial charge in [0.15, 0.2) is 5.82 Å². The first-order valence-corrected chi connectivity index (χ1v) is 8.31. The van der Waals surface area contributed by atoms with Crippen LogP contribution in [0, 0.1) is 13.8 Å². The lowest BCUT2D eigenvalue weighted by Crippen LogP contribution is -2.10. The van der Waals surface area contributed by atoms with Crippen molar-refractivity contribution in [2.45, 2.75) is 13.8 Å². The molecule has 0 spiro atoms. The van der Waals surface area contributed by atoms with Crippen molar-refractivity contribution in [1.29, 1.82) is 0 Å². The van der Waals surface area contributed by atoms with Gasteiger partial charge in [-0.25, -0.2) is 4.68 Å². The van der Waals surface area contributed by atoms with Gasteiger partial charge in [0, 0.05) is 17.1 Å². The molecule has 1 amide bonds. The molecule has 0 aliphatic rings. The lowest BCUT2D eigenvalue weighted by molar-refractivity contribution is 0.103. The minimum absolute atomic E-state index is 0.165. The molecule has 0 saturated carbocycles. The van der Waals surface area contributed by atoms with Crippen LogP contribution in [0.25, 0.3) is 15.9 Å². The highest BCUT2D eigenvalue weighted by atomic mass is 32.1. The summed E-state index contributed by atoms with van der Waals surface area (Å²) in [5.74, 6) is 0.359. The molecular weight excluding hydrogens is 322 g/mol. The number of aromatic nitrogens is 4. The van der Waals surface area contributed by atoms with E-state index in [4.69, 9.17) is 0 Å². The van der Waals surface area contributed by atoms with Gasteiger partial charge in [-0.3, -0.25) is 9.89 Å². The highest BCUT2D eigenvalue weighted by Crippen LogP contribution is 2.30. The van der Waals surface area contributed by atoms with E-state index in [-0.39, 0.29) is 5.91 Å². The van der Waals surface area contributed by atoms with Crippen LogP contribution in [0.4, 0.5) is 5.82 Å². The van der Waals surface area contributed by atoms with E-state index < -0.39 is 0 Å². The first-order valence-electron chi connectivity index (χ1n) is 7.50. The molecule has 4 aromatic rings. The van der Waals surface area contributed by atoms with Gasteiger partial charge in [-0.2, -0.15) is 10.2 Å². The number of amides is 1. The van der Waals surface area contributed by atoms with E-state index in [1.807, 2.05) is 54.9 Å². The highest BCUT2D eigenvalue weighted by Gasteiger charge is 2.17. The van der Waals surface area contributed by atoms with Gasteiger partial charge in [-0.15, -0.1) is 11.3 Å². The smallest absolute Gasteiger partial charge is 0.267 e. The second kappa shape index (κ2) is 5.61. The number of hydrogen-bond donors (Lipinski definition) is 2. The van der Waals surface area contributed by atoms with Gasteiger partial charge < -0.3 is 5.32 Å². The van der Waals surface area contributed by atoms with E-state index in [2.05, 4.69) is 20.6 Å². The van der Waals surface area contributed by atoms with Gasteiger partial charge in [-0.05, 0) is 32.0 Å². The Morgan fingerprint density at radius 1 is 1.21 bits per heavy atom. The Hall–Kier alpha value is -2.93. The molecule has 1 aromatic carbocycles. The summed E-state index contributed by atoms with van der Waals surface area (Å²) in [7, 11) is 0. The quantitative estimate of drug-likeness (QED) is 0.599. The predicted molar refractivity (Wildman–Crippen MR) is 95.0 cm³/mol. The zero-order valence-corrected chi connectivity index (χ0v) is 14.0. The molecule has 0 atom stereocenters. The van der Waals surface area contributed by atoms with E-state index in [1.54, 1.807) is 6.07 Å². The second-order valence-corrected chi connectivity index (χ2v) is 6.58. The molecule has 0 aliphatic carbocycles. The van der Waals surface area contributed by atoms with Crippen LogP contribution in [0.5, 0.6) is 0 Å². The second-order valence-electron chi connectivity index (χ2n) is 5.55. The molecule has 2 N–H and O–H groups in total. The fraction of sp³-hybridized carbons (Fsp3) is 0.118. The summed E-state index contributed by atoms with van der Waals surface area (Å²) in [5.41, 5.74) is 2.78. The number of benzene rings is 1. The molecule has 7 heteroatoms. The zero-order chi connectivity index (χ0) is 16.7. The van der Waals surface area contributed by atoms with Crippen LogP contribution < -0.4 is 5.32 Å². The SMILES string of the molecule is Cc1cc(NC(=O)c2cc3c(C)nn(-c4ccccc4)c3s2)n[nH]1. The van der Waals surface area contributed by atoms with Gasteiger partial charge in [0.25, 0.3) is 5.91 Å². The number of thiophene rings is 1. The molecule has 0 radical (unpaired) electrons. The van der Waals surface area contributed by atoms with E-state index in [1.165, 1.54) is 11.3 Å². The van der Waals surface area contributed by atoms with Crippen molar-refractivity contribution in [2.75, 3.05) is 5.32 Å². The Balaban J connectivity index is 1.72. The summed E-state index contributed by atoms with van der Waals surface area (Å²) in [6, 6.07) is 13.6. The highest BCUT2D eigenvalue weighted by molar-refractivity contribution is 7.20. The number of aryl methyl sites for hydroxylation is 2. The average Bonchev–Trinajstić information content (AvgIpc) is 3.26. The molecule has 0 saturated heterocycles. The van der Waals surface area contributed by atoms with Crippen LogP contribution in [0.15, 0.2) is 42.5 Å².